The van der Waals surface area contributed by atoms with Crippen molar-refractivity contribution in [1.82, 2.24) is 4.98 Å². The average Bonchev–Trinajstić information content (AvgIpc) is 2.60. The fourth-order valence-corrected chi connectivity index (χ4v) is 2.65. The van der Waals surface area contributed by atoms with Crippen molar-refractivity contribution in [3.8, 4) is 22.8 Å². The second-order valence-corrected chi connectivity index (χ2v) is 5.35. The summed E-state index contributed by atoms with van der Waals surface area (Å²) in [6.45, 7) is 0. The van der Waals surface area contributed by atoms with Crippen molar-refractivity contribution in [2.24, 2.45) is 0 Å². The van der Waals surface area contributed by atoms with E-state index >= 15 is 0 Å². The number of aromatic nitrogens is 1. The zero-order valence-electron chi connectivity index (χ0n) is 12.7. The highest BCUT2D eigenvalue weighted by Crippen LogP contribution is 2.32. The Bertz CT molecular complexity index is 876. The van der Waals surface area contributed by atoms with E-state index < -0.39 is 0 Å². The lowest BCUT2D eigenvalue weighted by Gasteiger charge is -2.10. The molecular weight excluding hydrogens is 314 g/mol. The molecule has 2 aromatic carbocycles. The molecule has 0 atom stereocenters. The number of pyridine rings is 1. The Balaban J connectivity index is 2.20. The first-order valence-electron chi connectivity index (χ1n) is 6.94. The lowest BCUT2D eigenvalue weighted by atomic mass is 10.0. The van der Waals surface area contributed by atoms with Gasteiger partial charge in [0.25, 0.3) is 0 Å². The van der Waals surface area contributed by atoms with Crippen LogP contribution in [0.25, 0.3) is 22.2 Å². The molecule has 5 heteroatoms. The molecule has 4 nitrogen and oxygen atoms in total. The average molecular weight is 328 g/mol. The molecule has 1 aromatic heterocycles. The summed E-state index contributed by atoms with van der Waals surface area (Å²) in [4.78, 5) is 16.1. The van der Waals surface area contributed by atoms with Gasteiger partial charge < -0.3 is 9.47 Å². The fourth-order valence-electron chi connectivity index (χ4n) is 2.42. The number of carbonyl (C=O) groups excluding carboxylic acids is 1. The lowest BCUT2D eigenvalue weighted by molar-refractivity contribution is 0.112. The van der Waals surface area contributed by atoms with E-state index in [2.05, 4.69) is 4.98 Å². The number of ether oxygens (including phenoxy) is 2. The van der Waals surface area contributed by atoms with Gasteiger partial charge in [0.2, 0.25) is 0 Å². The molecule has 1 heterocycles. The SMILES string of the molecule is COc1ccc(-c2cc(C=O)c3cc(OC)c(Cl)cc3n2)cc1. The topological polar surface area (TPSA) is 48.4 Å². The van der Waals surface area contributed by atoms with Crippen LogP contribution in [0.4, 0.5) is 0 Å². The molecule has 0 radical (unpaired) electrons. The lowest BCUT2D eigenvalue weighted by Crippen LogP contribution is -1.94. The number of hydrogen-bond acceptors (Lipinski definition) is 4. The molecule has 0 saturated heterocycles. The second kappa shape index (κ2) is 6.26. The number of nitrogens with zero attached hydrogens (tertiary/aromatic N) is 1. The summed E-state index contributed by atoms with van der Waals surface area (Å²) in [7, 11) is 3.15. The van der Waals surface area contributed by atoms with Crippen molar-refractivity contribution in [3.05, 3.63) is 53.1 Å². The van der Waals surface area contributed by atoms with Crippen LogP contribution >= 0.6 is 11.6 Å². The van der Waals surface area contributed by atoms with Gasteiger partial charge in [-0.25, -0.2) is 4.98 Å². The van der Waals surface area contributed by atoms with E-state index in [4.69, 9.17) is 21.1 Å². The van der Waals surface area contributed by atoms with Crippen LogP contribution in [-0.2, 0) is 0 Å². The van der Waals surface area contributed by atoms with E-state index in [0.29, 0.717) is 32.9 Å². The third-order valence-electron chi connectivity index (χ3n) is 3.63. The van der Waals surface area contributed by atoms with Crippen LogP contribution in [0, 0.1) is 0 Å². The number of halogens is 1. The monoisotopic (exact) mass is 327 g/mol. The molecular formula is C18H14ClNO3. The van der Waals surface area contributed by atoms with Gasteiger partial charge in [0.1, 0.15) is 11.5 Å². The normalized spacial score (nSPS) is 10.6. The standard InChI is InChI=1S/C18H14ClNO3/c1-22-13-5-3-11(4-6-13)16-7-12(10-21)14-8-18(23-2)15(19)9-17(14)20-16/h3-10H,1-2H3. The Labute approximate surface area is 138 Å². The maximum atomic E-state index is 11.5. The minimum absolute atomic E-state index is 0.455. The third kappa shape index (κ3) is 2.85. The molecule has 3 rings (SSSR count). The molecule has 116 valence electrons. The molecule has 0 fully saturated rings. The molecule has 0 saturated carbocycles. The van der Waals surface area contributed by atoms with Gasteiger partial charge in [-0.3, -0.25) is 4.79 Å². The minimum Gasteiger partial charge on any atom is -0.497 e. The van der Waals surface area contributed by atoms with Crippen molar-refractivity contribution in [2.45, 2.75) is 0 Å². The molecule has 23 heavy (non-hydrogen) atoms. The predicted molar refractivity (Wildman–Crippen MR) is 90.7 cm³/mol. The van der Waals surface area contributed by atoms with Crippen LogP contribution in [0.5, 0.6) is 11.5 Å². The van der Waals surface area contributed by atoms with Gasteiger partial charge in [0.05, 0.1) is 30.5 Å². The fraction of sp³-hybridized carbons (Fsp3) is 0.111. The summed E-state index contributed by atoms with van der Waals surface area (Å²) in [5.41, 5.74) is 2.77. The smallest absolute Gasteiger partial charge is 0.150 e. The van der Waals surface area contributed by atoms with Crippen LogP contribution in [0.2, 0.25) is 5.02 Å². The minimum atomic E-state index is 0.455. The molecule has 0 amide bonds. The number of hydrogen-bond donors (Lipinski definition) is 0. The number of benzene rings is 2. The first-order valence-corrected chi connectivity index (χ1v) is 7.32. The molecule has 0 spiro atoms. The van der Waals surface area contributed by atoms with E-state index in [1.807, 2.05) is 24.3 Å². The number of methoxy groups -OCH3 is 2. The number of aldehydes is 1. The summed E-state index contributed by atoms with van der Waals surface area (Å²) in [5, 5.41) is 1.16. The van der Waals surface area contributed by atoms with Crippen molar-refractivity contribution < 1.29 is 14.3 Å². The van der Waals surface area contributed by atoms with Crippen molar-refractivity contribution in [2.75, 3.05) is 14.2 Å². The quantitative estimate of drug-likeness (QED) is 0.667. The Morgan fingerprint density at radius 1 is 1.04 bits per heavy atom. The van der Waals surface area contributed by atoms with Crippen LogP contribution in [0.15, 0.2) is 42.5 Å². The van der Waals surface area contributed by atoms with Crippen molar-refractivity contribution in [1.29, 1.82) is 0 Å². The van der Waals surface area contributed by atoms with Crippen LogP contribution in [-0.4, -0.2) is 25.5 Å². The largest absolute Gasteiger partial charge is 0.497 e. The second-order valence-electron chi connectivity index (χ2n) is 4.95. The zero-order chi connectivity index (χ0) is 16.4. The molecule has 0 bridgehead atoms. The Morgan fingerprint density at radius 2 is 1.78 bits per heavy atom. The predicted octanol–water partition coefficient (Wildman–Crippen LogP) is 4.38. The van der Waals surface area contributed by atoms with Gasteiger partial charge in [-0.05, 0) is 42.5 Å². The molecule has 3 aromatic rings. The summed E-state index contributed by atoms with van der Waals surface area (Å²) in [5.74, 6) is 1.28. The van der Waals surface area contributed by atoms with Gasteiger partial charge in [-0.1, -0.05) is 11.6 Å². The molecule has 0 aliphatic rings. The maximum Gasteiger partial charge on any atom is 0.150 e. The number of carbonyl (C=O) groups is 1. The summed E-state index contributed by atoms with van der Waals surface area (Å²) < 4.78 is 10.4. The highest BCUT2D eigenvalue weighted by Gasteiger charge is 2.11. The zero-order valence-corrected chi connectivity index (χ0v) is 13.4. The first-order chi connectivity index (χ1) is 11.2. The van der Waals surface area contributed by atoms with E-state index in [1.165, 1.54) is 7.11 Å². The summed E-state index contributed by atoms with van der Waals surface area (Å²) in [6, 6.07) is 12.7. The number of rotatable bonds is 4. The summed E-state index contributed by atoms with van der Waals surface area (Å²) >= 11 is 6.17. The molecule has 0 N–H and O–H groups in total. The van der Waals surface area contributed by atoms with Crippen LogP contribution in [0.1, 0.15) is 10.4 Å². The Morgan fingerprint density at radius 3 is 2.39 bits per heavy atom. The van der Waals surface area contributed by atoms with E-state index in [1.54, 1.807) is 25.3 Å². The molecule has 0 aliphatic heterocycles. The van der Waals surface area contributed by atoms with Gasteiger partial charge in [0.15, 0.2) is 6.29 Å². The van der Waals surface area contributed by atoms with Crippen LogP contribution in [0.3, 0.4) is 0 Å². The van der Waals surface area contributed by atoms with Crippen LogP contribution < -0.4 is 9.47 Å². The van der Waals surface area contributed by atoms with E-state index in [9.17, 15) is 4.79 Å². The molecule has 0 unspecified atom stereocenters. The van der Waals surface area contributed by atoms with Crippen molar-refractivity contribution >= 4 is 28.8 Å². The van der Waals surface area contributed by atoms with Gasteiger partial charge in [-0.15, -0.1) is 0 Å². The highest BCUT2D eigenvalue weighted by molar-refractivity contribution is 6.33. The van der Waals surface area contributed by atoms with Gasteiger partial charge in [-0.2, -0.15) is 0 Å². The number of fused-ring (bicyclic) bond motifs is 1. The van der Waals surface area contributed by atoms with E-state index in [0.717, 1.165) is 17.6 Å². The Kier molecular flexibility index (Phi) is 4.17. The third-order valence-corrected chi connectivity index (χ3v) is 3.92. The summed E-state index contributed by atoms with van der Waals surface area (Å²) in [6.07, 6.45) is 0.810. The maximum absolute atomic E-state index is 11.5. The van der Waals surface area contributed by atoms with Gasteiger partial charge >= 0.3 is 0 Å². The van der Waals surface area contributed by atoms with E-state index in [-0.39, 0.29) is 0 Å². The van der Waals surface area contributed by atoms with Crippen molar-refractivity contribution in [3.63, 3.8) is 0 Å². The molecule has 0 aliphatic carbocycles. The highest BCUT2D eigenvalue weighted by atomic mass is 35.5. The first kappa shape index (κ1) is 15.3. The Hall–Kier alpha value is -2.59. The van der Waals surface area contributed by atoms with Gasteiger partial charge in [0, 0.05) is 16.5 Å².